The largest absolute Gasteiger partial charge is 0.444 e. The van der Waals surface area contributed by atoms with E-state index >= 15 is 0 Å². The van der Waals surface area contributed by atoms with Gasteiger partial charge in [0.25, 0.3) is 0 Å². The summed E-state index contributed by atoms with van der Waals surface area (Å²) in [6.45, 7) is 4.30. The number of nitriles is 1. The number of carbonyl (C=O) groups is 1. The Balaban J connectivity index is 1.98. The molecule has 0 saturated heterocycles. The Hall–Kier alpha value is -2.32. The van der Waals surface area contributed by atoms with Crippen molar-refractivity contribution in [3.63, 3.8) is 0 Å². The molecular formula is C16H16N2O2S. The van der Waals surface area contributed by atoms with E-state index < -0.39 is 6.09 Å². The third-order valence-electron chi connectivity index (χ3n) is 2.87. The molecule has 0 spiro atoms. The highest BCUT2D eigenvalue weighted by molar-refractivity contribution is 7.16. The number of benzene rings is 1. The molecule has 0 fully saturated rings. The number of hydrogen-bond donors (Lipinski definition) is 1. The van der Waals surface area contributed by atoms with Crippen molar-refractivity contribution in [1.82, 2.24) is 0 Å². The van der Waals surface area contributed by atoms with Crippen LogP contribution in [0.15, 0.2) is 36.4 Å². The molecule has 0 aliphatic heterocycles. The van der Waals surface area contributed by atoms with E-state index in [4.69, 9.17) is 10.00 Å². The highest BCUT2D eigenvalue weighted by Crippen LogP contribution is 2.32. The molecule has 0 radical (unpaired) electrons. The normalized spacial score (nSPS) is 10.2. The molecule has 1 aromatic carbocycles. The molecule has 1 amide bonds. The average molecular weight is 300 g/mol. The van der Waals surface area contributed by atoms with E-state index in [9.17, 15) is 4.79 Å². The molecule has 4 nitrogen and oxygen atoms in total. The molecule has 0 saturated carbocycles. The van der Waals surface area contributed by atoms with E-state index in [0.29, 0.717) is 16.5 Å². The third kappa shape index (κ3) is 4.07. The van der Waals surface area contributed by atoms with Crippen LogP contribution in [0.25, 0.3) is 0 Å². The number of ether oxygens (including phenoxy) is 1. The van der Waals surface area contributed by atoms with Crippen LogP contribution in [0, 0.1) is 11.3 Å². The standard InChI is InChI=1S/C16H16N2O2S/c1-11(2)14-8-13(9-17)15(21-14)18-16(19)20-10-12-6-4-3-5-7-12/h3-8,11H,10H2,1-2H3,(H,18,19). The molecule has 21 heavy (non-hydrogen) atoms. The van der Waals surface area contributed by atoms with Gasteiger partial charge in [0, 0.05) is 4.88 Å². The maximum atomic E-state index is 11.8. The van der Waals surface area contributed by atoms with Crippen molar-refractivity contribution in [1.29, 1.82) is 5.26 Å². The van der Waals surface area contributed by atoms with Crippen LogP contribution in [0.2, 0.25) is 0 Å². The van der Waals surface area contributed by atoms with Gasteiger partial charge in [0.2, 0.25) is 0 Å². The summed E-state index contributed by atoms with van der Waals surface area (Å²) in [7, 11) is 0. The number of anilines is 1. The van der Waals surface area contributed by atoms with Crippen LogP contribution in [0.1, 0.15) is 35.8 Å². The van der Waals surface area contributed by atoms with Gasteiger partial charge in [0.05, 0.1) is 5.56 Å². The second-order valence-corrected chi connectivity index (χ2v) is 5.93. The van der Waals surface area contributed by atoms with E-state index in [0.717, 1.165) is 10.4 Å². The van der Waals surface area contributed by atoms with Crippen LogP contribution < -0.4 is 5.32 Å². The molecule has 2 aromatic rings. The van der Waals surface area contributed by atoms with Crippen molar-refractivity contribution in [2.45, 2.75) is 26.4 Å². The van der Waals surface area contributed by atoms with Crippen LogP contribution in [0.3, 0.4) is 0 Å². The molecule has 108 valence electrons. The number of nitrogens with zero attached hydrogens (tertiary/aromatic N) is 1. The van der Waals surface area contributed by atoms with E-state index in [1.165, 1.54) is 11.3 Å². The van der Waals surface area contributed by atoms with Gasteiger partial charge in [-0.05, 0) is 17.5 Å². The second kappa shape index (κ2) is 6.91. The number of rotatable bonds is 4. The number of hydrogen-bond acceptors (Lipinski definition) is 4. The minimum Gasteiger partial charge on any atom is -0.444 e. The summed E-state index contributed by atoms with van der Waals surface area (Å²) in [5.41, 5.74) is 1.39. The average Bonchev–Trinajstić information content (AvgIpc) is 2.89. The van der Waals surface area contributed by atoms with Crippen molar-refractivity contribution in [3.05, 3.63) is 52.4 Å². The molecule has 5 heteroatoms. The lowest BCUT2D eigenvalue weighted by Crippen LogP contribution is -2.13. The second-order valence-electron chi connectivity index (χ2n) is 4.84. The van der Waals surface area contributed by atoms with Crippen LogP contribution >= 0.6 is 11.3 Å². The minimum absolute atomic E-state index is 0.205. The number of nitrogens with one attached hydrogen (secondary N) is 1. The zero-order valence-electron chi connectivity index (χ0n) is 11.9. The first-order valence-corrected chi connectivity index (χ1v) is 7.43. The Morgan fingerprint density at radius 1 is 1.38 bits per heavy atom. The van der Waals surface area contributed by atoms with Crippen molar-refractivity contribution in [2.75, 3.05) is 5.32 Å². The fourth-order valence-corrected chi connectivity index (χ4v) is 2.72. The first-order chi connectivity index (χ1) is 10.1. The summed E-state index contributed by atoms with van der Waals surface area (Å²) in [6, 6.07) is 13.3. The lowest BCUT2D eigenvalue weighted by atomic mass is 10.1. The van der Waals surface area contributed by atoms with E-state index in [2.05, 4.69) is 11.4 Å². The number of amides is 1. The van der Waals surface area contributed by atoms with Gasteiger partial charge in [-0.25, -0.2) is 4.79 Å². The topological polar surface area (TPSA) is 62.1 Å². The fourth-order valence-electron chi connectivity index (χ4n) is 1.72. The summed E-state index contributed by atoms with van der Waals surface area (Å²) in [6.07, 6.45) is -0.549. The van der Waals surface area contributed by atoms with Crippen molar-refractivity contribution in [3.8, 4) is 6.07 Å². The quantitative estimate of drug-likeness (QED) is 0.904. The minimum atomic E-state index is -0.549. The number of carbonyl (C=O) groups excluding carboxylic acids is 1. The van der Waals surface area contributed by atoms with Gasteiger partial charge in [-0.2, -0.15) is 5.26 Å². The Bertz CT molecular complexity index is 657. The van der Waals surface area contributed by atoms with E-state index in [-0.39, 0.29) is 6.61 Å². The molecule has 0 bridgehead atoms. The highest BCUT2D eigenvalue weighted by atomic mass is 32.1. The predicted molar refractivity (Wildman–Crippen MR) is 83.4 cm³/mol. The van der Waals surface area contributed by atoms with Gasteiger partial charge in [0.1, 0.15) is 17.7 Å². The number of thiophene rings is 1. The Labute approximate surface area is 128 Å². The maximum absolute atomic E-state index is 11.8. The van der Waals surface area contributed by atoms with Gasteiger partial charge < -0.3 is 4.74 Å². The fraction of sp³-hybridized carbons (Fsp3) is 0.250. The van der Waals surface area contributed by atoms with Gasteiger partial charge in [-0.15, -0.1) is 11.3 Å². The van der Waals surface area contributed by atoms with E-state index in [1.807, 2.05) is 50.2 Å². The SMILES string of the molecule is CC(C)c1cc(C#N)c(NC(=O)OCc2ccccc2)s1. The molecular weight excluding hydrogens is 284 g/mol. The third-order valence-corrected chi connectivity index (χ3v) is 4.22. The first-order valence-electron chi connectivity index (χ1n) is 6.61. The molecule has 1 N–H and O–H groups in total. The molecule has 2 rings (SSSR count). The van der Waals surface area contributed by atoms with Crippen molar-refractivity contribution in [2.24, 2.45) is 0 Å². The van der Waals surface area contributed by atoms with Gasteiger partial charge in [0.15, 0.2) is 0 Å². The summed E-state index contributed by atoms with van der Waals surface area (Å²) in [4.78, 5) is 12.9. The van der Waals surface area contributed by atoms with Crippen LogP contribution in [0.5, 0.6) is 0 Å². The smallest absolute Gasteiger partial charge is 0.412 e. The molecule has 0 unspecified atom stereocenters. The highest BCUT2D eigenvalue weighted by Gasteiger charge is 2.14. The molecule has 1 heterocycles. The van der Waals surface area contributed by atoms with Crippen LogP contribution in [0.4, 0.5) is 9.80 Å². The predicted octanol–water partition coefficient (Wildman–Crippen LogP) is 4.49. The Morgan fingerprint density at radius 2 is 2.10 bits per heavy atom. The molecule has 1 aromatic heterocycles. The van der Waals surface area contributed by atoms with Gasteiger partial charge in [-0.1, -0.05) is 44.2 Å². The summed E-state index contributed by atoms with van der Waals surface area (Å²) in [5, 5.41) is 12.3. The van der Waals surface area contributed by atoms with Crippen LogP contribution in [-0.2, 0) is 11.3 Å². The molecule has 0 aliphatic carbocycles. The zero-order valence-corrected chi connectivity index (χ0v) is 12.7. The lowest BCUT2D eigenvalue weighted by Gasteiger charge is -2.06. The van der Waals surface area contributed by atoms with Crippen molar-refractivity contribution < 1.29 is 9.53 Å². The van der Waals surface area contributed by atoms with Gasteiger partial charge >= 0.3 is 6.09 Å². The Morgan fingerprint density at radius 3 is 2.71 bits per heavy atom. The molecule has 0 atom stereocenters. The molecule has 0 aliphatic rings. The monoisotopic (exact) mass is 300 g/mol. The zero-order chi connectivity index (χ0) is 15.2. The lowest BCUT2D eigenvalue weighted by molar-refractivity contribution is 0.155. The van der Waals surface area contributed by atoms with Gasteiger partial charge in [-0.3, -0.25) is 5.32 Å². The van der Waals surface area contributed by atoms with E-state index in [1.54, 1.807) is 0 Å². The van der Waals surface area contributed by atoms with Crippen LogP contribution in [-0.4, -0.2) is 6.09 Å². The van der Waals surface area contributed by atoms with Crippen molar-refractivity contribution >= 4 is 22.4 Å². The first kappa shape index (κ1) is 15.1. The summed E-state index contributed by atoms with van der Waals surface area (Å²) >= 11 is 1.41. The summed E-state index contributed by atoms with van der Waals surface area (Å²) < 4.78 is 5.15. The summed E-state index contributed by atoms with van der Waals surface area (Å²) in [5.74, 6) is 0.318. The Kier molecular flexibility index (Phi) is 4.96. The maximum Gasteiger partial charge on any atom is 0.412 e.